The van der Waals surface area contributed by atoms with Crippen LogP contribution in [0.1, 0.15) is 5.56 Å². The van der Waals surface area contributed by atoms with Gasteiger partial charge in [0.15, 0.2) is 0 Å². The highest BCUT2D eigenvalue weighted by Crippen LogP contribution is 2.19. The normalized spacial score (nSPS) is 15.8. The van der Waals surface area contributed by atoms with Crippen molar-refractivity contribution in [2.24, 2.45) is 0 Å². The highest BCUT2D eigenvalue weighted by Gasteiger charge is 2.33. The van der Waals surface area contributed by atoms with Gasteiger partial charge in [0.05, 0.1) is 10.6 Å². The van der Waals surface area contributed by atoms with E-state index < -0.39 is 16.7 Å². The maximum atomic E-state index is 12.4. The number of non-ortho nitro benzene ring substituents is 1. The van der Waals surface area contributed by atoms with Crippen LogP contribution < -0.4 is 10.4 Å². The number of nitro benzene ring substituents is 1. The minimum absolute atomic E-state index is 0.00876. The predicted molar refractivity (Wildman–Crippen MR) is 92.3 cm³/mol. The van der Waals surface area contributed by atoms with Crippen LogP contribution in [-0.4, -0.2) is 16.7 Å². The van der Waals surface area contributed by atoms with Crippen molar-refractivity contribution in [3.8, 4) is 0 Å². The highest BCUT2D eigenvalue weighted by atomic mass is 16.6. The Morgan fingerprint density at radius 2 is 1.80 bits per heavy atom. The van der Waals surface area contributed by atoms with E-state index in [1.165, 1.54) is 29.3 Å². The molecule has 0 radical (unpaired) electrons. The molecule has 1 aliphatic rings. The zero-order chi connectivity index (χ0) is 17.8. The quantitative estimate of drug-likeness (QED) is 0.402. The van der Waals surface area contributed by atoms with Gasteiger partial charge >= 0.3 is 0 Å². The Hall–Kier alpha value is -3.74. The van der Waals surface area contributed by atoms with E-state index in [0.717, 1.165) is 0 Å². The number of para-hydroxylation sites is 1. The summed E-state index contributed by atoms with van der Waals surface area (Å²) in [5, 5.41) is 11.9. The summed E-state index contributed by atoms with van der Waals surface area (Å²) in [6.45, 7) is 0. The number of amides is 2. The molecule has 1 aliphatic heterocycles. The van der Waals surface area contributed by atoms with Gasteiger partial charge in [0.1, 0.15) is 5.57 Å². The Labute approximate surface area is 143 Å². The molecule has 124 valence electrons. The molecule has 0 bridgehead atoms. The van der Waals surface area contributed by atoms with Crippen LogP contribution in [0.2, 0.25) is 0 Å². The molecule has 7 nitrogen and oxygen atoms in total. The van der Waals surface area contributed by atoms with Gasteiger partial charge in [0, 0.05) is 12.1 Å². The van der Waals surface area contributed by atoms with Crippen LogP contribution in [0.4, 0.5) is 11.4 Å². The van der Waals surface area contributed by atoms with Crippen molar-refractivity contribution in [1.29, 1.82) is 0 Å². The smallest absolute Gasteiger partial charge is 0.267 e. The molecule has 0 saturated carbocycles. The monoisotopic (exact) mass is 335 g/mol. The molecule has 1 saturated heterocycles. The molecule has 1 N–H and O–H groups in total. The molecular formula is C18H13N3O4. The number of nitrogens with one attached hydrogen (secondary N) is 1. The van der Waals surface area contributed by atoms with Crippen molar-refractivity contribution in [1.82, 2.24) is 5.43 Å². The Morgan fingerprint density at radius 1 is 1.04 bits per heavy atom. The van der Waals surface area contributed by atoms with Crippen molar-refractivity contribution < 1.29 is 14.5 Å². The number of nitrogens with zero attached hydrogens (tertiary/aromatic N) is 2. The van der Waals surface area contributed by atoms with E-state index in [9.17, 15) is 19.7 Å². The number of carbonyl (C=O) groups is 2. The minimum atomic E-state index is -0.502. The van der Waals surface area contributed by atoms with Crippen LogP contribution in [0.25, 0.3) is 6.08 Å². The molecule has 0 aromatic heterocycles. The molecule has 3 rings (SSSR count). The second-order valence-electron chi connectivity index (χ2n) is 5.21. The fourth-order valence-corrected chi connectivity index (χ4v) is 2.33. The van der Waals surface area contributed by atoms with E-state index in [4.69, 9.17) is 0 Å². The Kier molecular flexibility index (Phi) is 4.38. The number of benzene rings is 2. The molecule has 2 amide bonds. The third-order valence-electron chi connectivity index (χ3n) is 3.54. The van der Waals surface area contributed by atoms with Gasteiger partial charge in [-0.25, -0.2) is 5.01 Å². The molecule has 2 aromatic rings. The Morgan fingerprint density at radius 3 is 2.52 bits per heavy atom. The van der Waals surface area contributed by atoms with Gasteiger partial charge in [-0.1, -0.05) is 42.5 Å². The van der Waals surface area contributed by atoms with Crippen LogP contribution in [0, 0.1) is 10.1 Å². The average molecular weight is 335 g/mol. The van der Waals surface area contributed by atoms with Gasteiger partial charge < -0.3 is 0 Å². The van der Waals surface area contributed by atoms with E-state index in [-0.39, 0.29) is 11.3 Å². The van der Waals surface area contributed by atoms with Crippen LogP contribution in [-0.2, 0) is 9.59 Å². The molecule has 1 fully saturated rings. The molecule has 2 aromatic carbocycles. The number of rotatable bonds is 4. The fraction of sp³-hybridized carbons (Fsp3) is 0. The third-order valence-corrected chi connectivity index (χ3v) is 3.54. The molecule has 7 heteroatoms. The number of hydrazine groups is 1. The van der Waals surface area contributed by atoms with Gasteiger partial charge in [-0.05, 0) is 23.8 Å². The first kappa shape index (κ1) is 16.1. The van der Waals surface area contributed by atoms with Gasteiger partial charge in [-0.2, -0.15) is 0 Å². The summed E-state index contributed by atoms with van der Waals surface area (Å²) >= 11 is 0. The van der Waals surface area contributed by atoms with E-state index >= 15 is 0 Å². The molecule has 1 heterocycles. The summed E-state index contributed by atoms with van der Waals surface area (Å²) in [4.78, 5) is 34.6. The van der Waals surface area contributed by atoms with Gasteiger partial charge in [0.25, 0.3) is 17.5 Å². The second kappa shape index (κ2) is 6.79. The number of allylic oxidation sites excluding steroid dienone is 2. The number of hydrogen-bond acceptors (Lipinski definition) is 4. The topological polar surface area (TPSA) is 92.6 Å². The molecule has 0 atom stereocenters. The summed E-state index contributed by atoms with van der Waals surface area (Å²) in [5.41, 5.74) is 3.62. The summed E-state index contributed by atoms with van der Waals surface area (Å²) in [6, 6.07) is 14.8. The number of hydrogen-bond donors (Lipinski definition) is 1. The van der Waals surface area contributed by atoms with E-state index in [0.29, 0.717) is 11.3 Å². The molecule has 0 spiro atoms. The largest absolute Gasteiger partial charge is 0.282 e. The standard InChI is InChI=1S/C18H13N3O4/c22-17-16(18(23)20(19-17)14-8-2-1-3-9-14)11-5-7-13-6-4-10-15(12-13)21(24)25/h1-12H,(H,19,22). The van der Waals surface area contributed by atoms with Crippen LogP contribution in [0.3, 0.4) is 0 Å². The lowest BCUT2D eigenvalue weighted by molar-refractivity contribution is -0.384. The Bertz CT molecular complexity index is 904. The maximum absolute atomic E-state index is 12.4. The van der Waals surface area contributed by atoms with Crippen LogP contribution in [0.15, 0.2) is 72.3 Å². The summed E-state index contributed by atoms with van der Waals surface area (Å²) in [7, 11) is 0. The minimum Gasteiger partial charge on any atom is -0.267 e. The van der Waals surface area contributed by atoms with Gasteiger partial charge in [0.2, 0.25) is 0 Å². The van der Waals surface area contributed by atoms with Crippen molar-refractivity contribution >= 4 is 29.3 Å². The van der Waals surface area contributed by atoms with E-state index in [2.05, 4.69) is 5.43 Å². The molecule has 0 aliphatic carbocycles. The van der Waals surface area contributed by atoms with Crippen molar-refractivity contribution in [3.63, 3.8) is 0 Å². The lowest BCUT2D eigenvalue weighted by Gasteiger charge is -2.13. The highest BCUT2D eigenvalue weighted by molar-refractivity contribution is 6.29. The van der Waals surface area contributed by atoms with Crippen molar-refractivity contribution in [2.45, 2.75) is 0 Å². The van der Waals surface area contributed by atoms with Crippen LogP contribution >= 0.6 is 0 Å². The zero-order valence-corrected chi connectivity index (χ0v) is 13.0. The van der Waals surface area contributed by atoms with E-state index in [1.807, 2.05) is 6.07 Å². The predicted octanol–water partition coefficient (Wildman–Crippen LogP) is 2.61. The number of nitro groups is 1. The third kappa shape index (κ3) is 3.45. The van der Waals surface area contributed by atoms with Crippen molar-refractivity contribution in [3.05, 3.63) is 88.0 Å². The zero-order valence-electron chi connectivity index (χ0n) is 13.0. The lowest BCUT2D eigenvalue weighted by atomic mass is 10.1. The summed E-state index contributed by atoms with van der Waals surface area (Å²) < 4.78 is 0. The first-order chi connectivity index (χ1) is 12.1. The number of anilines is 1. The first-order valence-electron chi connectivity index (χ1n) is 7.39. The first-order valence-corrected chi connectivity index (χ1v) is 7.39. The van der Waals surface area contributed by atoms with Crippen LogP contribution in [0.5, 0.6) is 0 Å². The SMILES string of the molecule is O=C1NN(c2ccccc2)C(=O)C1=CC=Cc1cccc([N+](=O)[O-])c1. The summed E-state index contributed by atoms with van der Waals surface area (Å²) in [6.07, 6.45) is 4.49. The lowest BCUT2D eigenvalue weighted by Crippen LogP contribution is -2.35. The fourth-order valence-electron chi connectivity index (χ4n) is 2.33. The van der Waals surface area contributed by atoms with Gasteiger partial charge in [-0.3, -0.25) is 25.1 Å². The maximum Gasteiger partial charge on any atom is 0.282 e. The Balaban J connectivity index is 1.79. The second-order valence-corrected chi connectivity index (χ2v) is 5.21. The molecular weight excluding hydrogens is 322 g/mol. The van der Waals surface area contributed by atoms with E-state index in [1.54, 1.807) is 42.5 Å². The molecule has 25 heavy (non-hydrogen) atoms. The molecule has 0 unspecified atom stereocenters. The van der Waals surface area contributed by atoms with Crippen molar-refractivity contribution in [2.75, 3.05) is 5.01 Å². The average Bonchev–Trinajstić information content (AvgIpc) is 2.91. The number of carbonyl (C=O) groups excluding carboxylic acids is 2. The summed E-state index contributed by atoms with van der Waals surface area (Å²) in [5.74, 6) is -0.961. The van der Waals surface area contributed by atoms with Gasteiger partial charge in [-0.15, -0.1) is 0 Å².